The van der Waals surface area contributed by atoms with Crippen LogP contribution in [0, 0.1) is 35.0 Å². The first-order valence-corrected chi connectivity index (χ1v) is 8.62. The van der Waals surface area contributed by atoms with E-state index in [0.717, 1.165) is 36.1 Å². The minimum atomic E-state index is 0.484. The monoisotopic (exact) mass is 265 g/mol. The van der Waals surface area contributed by atoms with Gasteiger partial charge in [-0.1, -0.05) is 47.0 Å². The molecule has 0 aromatic rings. The van der Waals surface area contributed by atoms with E-state index in [1.807, 2.05) is 0 Å². The molecule has 2 fully saturated rings. The molecular weight excluding hydrogens is 230 g/mol. The van der Waals surface area contributed by atoms with Crippen molar-refractivity contribution in [3.8, 4) is 0 Å². The van der Waals surface area contributed by atoms with Crippen molar-refractivity contribution in [3.05, 3.63) is 0 Å². The van der Waals surface area contributed by atoms with Gasteiger partial charge in [-0.25, -0.2) is 0 Å². The molecule has 0 radical (unpaired) electrons. The predicted molar refractivity (Wildman–Crippen MR) is 84.0 cm³/mol. The molecule has 19 heavy (non-hydrogen) atoms. The maximum absolute atomic E-state index is 6.09. The van der Waals surface area contributed by atoms with Crippen LogP contribution in [0.3, 0.4) is 0 Å². The minimum Gasteiger partial charge on any atom is -0.330 e. The topological polar surface area (TPSA) is 26.0 Å². The Hall–Kier alpha value is -0.0400. The van der Waals surface area contributed by atoms with Crippen molar-refractivity contribution in [2.45, 2.75) is 72.6 Å². The fourth-order valence-electron chi connectivity index (χ4n) is 4.79. The van der Waals surface area contributed by atoms with Gasteiger partial charge >= 0.3 is 0 Å². The van der Waals surface area contributed by atoms with Crippen molar-refractivity contribution in [2.75, 3.05) is 6.54 Å². The summed E-state index contributed by atoms with van der Waals surface area (Å²) in [6.07, 6.45) is 10.1. The lowest BCUT2D eigenvalue weighted by Gasteiger charge is -2.46. The first kappa shape index (κ1) is 15.4. The van der Waals surface area contributed by atoms with Gasteiger partial charge < -0.3 is 5.73 Å². The van der Waals surface area contributed by atoms with E-state index in [9.17, 15) is 0 Å². The molecule has 2 aliphatic carbocycles. The number of rotatable bonds is 2. The zero-order chi connectivity index (χ0) is 14.0. The summed E-state index contributed by atoms with van der Waals surface area (Å²) in [7, 11) is 0. The second kappa shape index (κ2) is 6.16. The Balaban J connectivity index is 2.05. The molecule has 0 heterocycles. The van der Waals surface area contributed by atoms with Crippen LogP contribution >= 0.6 is 0 Å². The van der Waals surface area contributed by atoms with Crippen molar-refractivity contribution >= 4 is 0 Å². The van der Waals surface area contributed by atoms with E-state index < -0.39 is 0 Å². The molecule has 2 saturated carbocycles. The molecule has 2 rings (SSSR count). The molecule has 1 nitrogen and oxygen atoms in total. The normalized spacial score (nSPS) is 41.2. The van der Waals surface area contributed by atoms with E-state index in [-0.39, 0.29) is 0 Å². The summed E-state index contributed by atoms with van der Waals surface area (Å²) in [6.45, 7) is 10.7. The quantitative estimate of drug-likeness (QED) is 0.759. The summed E-state index contributed by atoms with van der Waals surface area (Å²) in [5.41, 5.74) is 6.57. The summed E-state index contributed by atoms with van der Waals surface area (Å²) in [6, 6.07) is 0. The number of nitrogens with two attached hydrogens (primary N) is 1. The summed E-state index contributed by atoms with van der Waals surface area (Å²) >= 11 is 0. The number of hydrogen-bond acceptors (Lipinski definition) is 1. The molecule has 0 spiro atoms. The minimum absolute atomic E-state index is 0.484. The standard InChI is InChI=1S/C18H35N/c1-13-6-5-7-14(10-13)17-11-16(18(2,3)4)9-8-15(17)12-19/h13-17H,5-12,19H2,1-4H3. The summed E-state index contributed by atoms with van der Waals surface area (Å²) in [4.78, 5) is 0. The van der Waals surface area contributed by atoms with Crippen molar-refractivity contribution in [3.63, 3.8) is 0 Å². The zero-order valence-electron chi connectivity index (χ0n) is 13.6. The largest absolute Gasteiger partial charge is 0.330 e. The van der Waals surface area contributed by atoms with Gasteiger partial charge in [0.15, 0.2) is 0 Å². The van der Waals surface area contributed by atoms with E-state index in [4.69, 9.17) is 5.73 Å². The zero-order valence-corrected chi connectivity index (χ0v) is 13.6. The van der Waals surface area contributed by atoms with E-state index >= 15 is 0 Å². The van der Waals surface area contributed by atoms with Crippen molar-refractivity contribution in [1.29, 1.82) is 0 Å². The van der Waals surface area contributed by atoms with Crippen LogP contribution in [0.4, 0.5) is 0 Å². The molecule has 0 amide bonds. The summed E-state index contributed by atoms with van der Waals surface area (Å²) < 4.78 is 0. The smallest absolute Gasteiger partial charge is 0.00461 e. The Labute approximate surface area is 120 Å². The second-order valence-electron chi connectivity index (χ2n) is 8.57. The third kappa shape index (κ3) is 3.74. The van der Waals surface area contributed by atoms with Crippen LogP contribution in [0.15, 0.2) is 0 Å². The molecule has 0 saturated heterocycles. The van der Waals surface area contributed by atoms with Crippen molar-refractivity contribution in [2.24, 2.45) is 40.7 Å². The molecule has 2 aliphatic rings. The van der Waals surface area contributed by atoms with Crippen LogP contribution in [-0.4, -0.2) is 6.54 Å². The third-order valence-corrected chi connectivity index (χ3v) is 6.16. The molecule has 0 aromatic carbocycles. The van der Waals surface area contributed by atoms with Crippen LogP contribution in [0.25, 0.3) is 0 Å². The van der Waals surface area contributed by atoms with E-state index in [0.29, 0.717) is 5.41 Å². The average Bonchev–Trinajstić information content (AvgIpc) is 2.37. The molecular formula is C18H35N. The Bertz CT molecular complexity index is 278. The van der Waals surface area contributed by atoms with Gasteiger partial charge in [0.2, 0.25) is 0 Å². The Kier molecular flexibility index (Phi) is 4.98. The Morgan fingerprint density at radius 2 is 1.74 bits per heavy atom. The second-order valence-corrected chi connectivity index (χ2v) is 8.57. The van der Waals surface area contributed by atoms with Gasteiger partial charge in [0.1, 0.15) is 0 Å². The SMILES string of the molecule is CC1CCCC(C2CC(C(C)(C)C)CCC2CN)C1. The molecule has 0 aliphatic heterocycles. The van der Waals surface area contributed by atoms with Crippen LogP contribution in [0.1, 0.15) is 72.6 Å². The highest BCUT2D eigenvalue weighted by Crippen LogP contribution is 2.48. The highest BCUT2D eigenvalue weighted by molar-refractivity contribution is 4.90. The molecule has 1 heteroatoms. The first-order chi connectivity index (χ1) is 8.91. The van der Waals surface area contributed by atoms with Gasteiger partial charge in [0.05, 0.1) is 0 Å². The lowest BCUT2D eigenvalue weighted by Crippen LogP contribution is -2.39. The number of hydrogen-bond donors (Lipinski definition) is 1. The first-order valence-electron chi connectivity index (χ1n) is 8.62. The fraction of sp³-hybridized carbons (Fsp3) is 1.00. The lowest BCUT2D eigenvalue weighted by molar-refractivity contribution is 0.0465. The summed E-state index contributed by atoms with van der Waals surface area (Å²) in [5.74, 6) is 4.58. The van der Waals surface area contributed by atoms with Gasteiger partial charge in [-0.2, -0.15) is 0 Å². The maximum Gasteiger partial charge on any atom is -0.00461 e. The van der Waals surface area contributed by atoms with Gasteiger partial charge in [-0.3, -0.25) is 0 Å². The molecule has 0 bridgehead atoms. The van der Waals surface area contributed by atoms with Gasteiger partial charge in [-0.15, -0.1) is 0 Å². The van der Waals surface area contributed by atoms with Crippen LogP contribution < -0.4 is 5.73 Å². The molecule has 112 valence electrons. The van der Waals surface area contributed by atoms with E-state index in [2.05, 4.69) is 27.7 Å². The van der Waals surface area contributed by atoms with Gasteiger partial charge in [0, 0.05) is 0 Å². The van der Waals surface area contributed by atoms with Crippen molar-refractivity contribution < 1.29 is 0 Å². The molecule has 5 unspecified atom stereocenters. The Morgan fingerprint density at radius 3 is 2.32 bits per heavy atom. The average molecular weight is 265 g/mol. The predicted octanol–water partition coefficient (Wildman–Crippen LogP) is 4.85. The van der Waals surface area contributed by atoms with Crippen molar-refractivity contribution in [1.82, 2.24) is 0 Å². The van der Waals surface area contributed by atoms with E-state index in [1.165, 1.54) is 44.9 Å². The molecule has 5 atom stereocenters. The van der Waals surface area contributed by atoms with Gasteiger partial charge in [0.25, 0.3) is 0 Å². The molecule has 2 N–H and O–H groups in total. The van der Waals surface area contributed by atoms with E-state index in [1.54, 1.807) is 0 Å². The van der Waals surface area contributed by atoms with Gasteiger partial charge in [-0.05, 0) is 67.2 Å². The Morgan fingerprint density at radius 1 is 1.00 bits per heavy atom. The third-order valence-electron chi connectivity index (χ3n) is 6.16. The summed E-state index contributed by atoms with van der Waals surface area (Å²) in [5, 5.41) is 0. The fourth-order valence-corrected chi connectivity index (χ4v) is 4.79. The lowest BCUT2D eigenvalue weighted by atomic mass is 9.60. The highest BCUT2D eigenvalue weighted by Gasteiger charge is 2.39. The van der Waals surface area contributed by atoms with Crippen LogP contribution in [-0.2, 0) is 0 Å². The highest BCUT2D eigenvalue weighted by atomic mass is 14.6. The van der Waals surface area contributed by atoms with Crippen LogP contribution in [0.2, 0.25) is 0 Å². The van der Waals surface area contributed by atoms with Crippen LogP contribution in [0.5, 0.6) is 0 Å². The maximum atomic E-state index is 6.09. The molecule has 0 aromatic heterocycles.